The molecule has 1 aliphatic carbocycles. The zero-order valence-electron chi connectivity index (χ0n) is 20.6. The molecule has 1 saturated heterocycles. The number of carbonyl (C=O) groups is 2. The number of carbonyl (C=O) groups excluding carboxylic acids is 2. The molecule has 36 heavy (non-hydrogen) atoms. The van der Waals surface area contributed by atoms with E-state index in [1.54, 1.807) is 17.3 Å². The second kappa shape index (κ2) is 8.41. The third-order valence-electron chi connectivity index (χ3n) is 8.26. The van der Waals surface area contributed by atoms with Crippen molar-refractivity contribution in [1.82, 2.24) is 20.2 Å². The second-order valence-corrected chi connectivity index (χ2v) is 10.4. The first-order chi connectivity index (χ1) is 17.4. The standard InChI is InChI=1S/C28H30N6O2/c1-33(2)28(19-7-4-3-5-8-19)13-11-27(12-14-28)18-34(26(36)32-27)20-16-29-25(30-17-20)21-9-6-10-23-22(21)15-24(35)31-23/h3-10,16-17H,11-15,18H2,1-2H3,(H,31,35)(H,32,36). The summed E-state index contributed by atoms with van der Waals surface area (Å²) in [5, 5.41) is 6.17. The van der Waals surface area contributed by atoms with Crippen LogP contribution in [0.15, 0.2) is 60.9 Å². The maximum Gasteiger partial charge on any atom is 0.322 e. The van der Waals surface area contributed by atoms with E-state index in [4.69, 9.17) is 0 Å². The maximum atomic E-state index is 13.1. The predicted octanol–water partition coefficient (Wildman–Crippen LogP) is 3.94. The molecule has 0 radical (unpaired) electrons. The van der Waals surface area contributed by atoms with E-state index in [2.05, 4.69) is 69.9 Å². The molecule has 2 fully saturated rings. The Bertz CT molecular complexity index is 1310. The van der Waals surface area contributed by atoms with Crippen molar-refractivity contribution in [2.75, 3.05) is 30.9 Å². The molecule has 6 rings (SSSR count). The van der Waals surface area contributed by atoms with Crippen LogP contribution in [0.2, 0.25) is 0 Å². The Balaban J connectivity index is 1.20. The maximum absolute atomic E-state index is 13.1. The molecule has 0 bridgehead atoms. The van der Waals surface area contributed by atoms with Gasteiger partial charge in [0.25, 0.3) is 0 Å². The summed E-state index contributed by atoms with van der Waals surface area (Å²) in [6, 6.07) is 16.3. The first kappa shape index (κ1) is 22.7. The fraction of sp³-hybridized carbons (Fsp3) is 0.357. The lowest BCUT2D eigenvalue weighted by Gasteiger charge is -2.48. The summed E-state index contributed by atoms with van der Waals surface area (Å²) in [6.07, 6.45) is 7.49. The molecule has 0 atom stereocenters. The first-order valence-corrected chi connectivity index (χ1v) is 12.5. The van der Waals surface area contributed by atoms with Crippen molar-refractivity contribution >= 4 is 23.3 Å². The Morgan fingerprint density at radius 3 is 2.33 bits per heavy atom. The Morgan fingerprint density at radius 1 is 0.917 bits per heavy atom. The number of amides is 3. The van der Waals surface area contributed by atoms with Gasteiger partial charge >= 0.3 is 6.03 Å². The van der Waals surface area contributed by atoms with Gasteiger partial charge in [0.1, 0.15) is 0 Å². The quantitative estimate of drug-likeness (QED) is 0.588. The third-order valence-corrected chi connectivity index (χ3v) is 8.26. The summed E-state index contributed by atoms with van der Waals surface area (Å²) in [7, 11) is 4.30. The van der Waals surface area contributed by atoms with Crippen molar-refractivity contribution in [3.05, 3.63) is 72.1 Å². The summed E-state index contributed by atoms with van der Waals surface area (Å²) in [5.74, 6) is 0.531. The summed E-state index contributed by atoms with van der Waals surface area (Å²) in [6.45, 7) is 0.603. The molecule has 1 aromatic heterocycles. The topological polar surface area (TPSA) is 90.5 Å². The molecule has 3 aliphatic rings. The zero-order chi connectivity index (χ0) is 24.9. The first-order valence-electron chi connectivity index (χ1n) is 12.5. The SMILES string of the molecule is CN(C)C1(c2ccccc2)CCC2(CC1)CN(c1cnc(-c3cccc4c3CC(=O)N4)nc1)C(=O)N2. The fourth-order valence-electron chi connectivity index (χ4n) is 6.14. The van der Waals surface area contributed by atoms with Crippen molar-refractivity contribution < 1.29 is 9.59 Å². The van der Waals surface area contributed by atoms with Crippen LogP contribution < -0.4 is 15.5 Å². The number of nitrogens with zero attached hydrogens (tertiary/aromatic N) is 4. The minimum absolute atomic E-state index is 0.0221. The van der Waals surface area contributed by atoms with Crippen LogP contribution in [0.4, 0.5) is 16.2 Å². The molecule has 1 spiro atoms. The number of benzene rings is 2. The lowest BCUT2D eigenvalue weighted by Crippen LogP contribution is -2.54. The van der Waals surface area contributed by atoms with Crippen LogP contribution in [0.25, 0.3) is 11.4 Å². The Kier molecular flexibility index (Phi) is 5.30. The van der Waals surface area contributed by atoms with Gasteiger partial charge in [-0.1, -0.05) is 42.5 Å². The highest BCUT2D eigenvalue weighted by molar-refractivity contribution is 6.01. The monoisotopic (exact) mass is 482 g/mol. The molecular weight excluding hydrogens is 452 g/mol. The van der Waals surface area contributed by atoms with Crippen LogP contribution in [0.3, 0.4) is 0 Å². The van der Waals surface area contributed by atoms with E-state index in [1.807, 2.05) is 18.2 Å². The van der Waals surface area contributed by atoms with Gasteiger partial charge in [0, 0.05) is 16.8 Å². The summed E-state index contributed by atoms with van der Waals surface area (Å²) in [5.41, 5.74) is 4.30. The molecule has 2 N–H and O–H groups in total. The lowest BCUT2D eigenvalue weighted by molar-refractivity contribution is -0.115. The van der Waals surface area contributed by atoms with Gasteiger partial charge in [-0.3, -0.25) is 14.6 Å². The number of nitrogens with one attached hydrogen (secondary N) is 2. The van der Waals surface area contributed by atoms with E-state index in [0.29, 0.717) is 24.5 Å². The van der Waals surface area contributed by atoms with Crippen LogP contribution in [0.1, 0.15) is 36.8 Å². The van der Waals surface area contributed by atoms with Crippen molar-refractivity contribution in [3.8, 4) is 11.4 Å². The zero-order valence-corrected chi connectivity index (χ0v) is 20.6. The van der Waals surface area contributed by atoms with Gasteiger partial charge in [0.2, 0.25) is 5.91 Å². The molecule has 8 nitrogen and oxygen atoms in total. The number of hydrogen-bond donors (Lipinski definition) is 2. The Morgan fingerprint density at radius 2 is 1.64 bits per heavy atom. The lowest BCUT2D eigenvalue weighted by atomic mass is 9.69. The van der Waals surface area contributed by atoms with Crippen LogP contribution in [0, 0.1) is 0 Å². The summed E-state index contributed by atoms with van der Waals surface area (Å²) < 4.78 is 0. The molecule has 0 unspecified atom stereocenters. The number of urea groups is 1. The van der Waals surface area contributed by atoms with E-state index in [9.17, 15) is 9.59 Å². The second-order valence-electron chi connectivity index (χ2n) is 10.4. The van der Waals surface area contributed by atoms with Crippen molar-refractivity contribution in [2.45, 2.75) is 43.2 Å². The van der Waals surface area contributed by atoms with E-state index in [1.165, 1.54) is 5.56 Å². The summed E-state index contributed by atoms with van der Waals surface area (Å²) >= 11 is 0. The number of fused-ring (bicyclic) bond motifs is 1. The van der Waals surface area contributed by atoms with Crippen LogP contribution in [0.5, 0.6) is 0 Å². The average Bonchev–Trinajstić information content (AvgIpc) is 3.43. The highest BCUT2D eigenvalue weighted by Gasteiger charge is 2.50. The molecule has 3 amide bonds. The van der Waals surface area contributed by atoms with Gasteiger partial charge < -0.3 is 10.6 Å². The molecule has 2 aliphatic heterocycles. The van der Waals surface area contributed by atoms with Gasteiger partial charge in [-0.2, -0.15) is 0 Å². The predicted molar refractivity (Wildman–Crippen MR) is 139 cm³/mol. The smallest absolute Gasteiger partial charge is 0.322 e. The Hall–Kier alpha value is -3.78. The van der Waals surface area contributed by atoms with Gasteiger partial charge in [0.05, 0.1) is 36.6 Å². The van der Waals surface area contributed by atoms with Gasteiger partial charge in [-0.25, -0.2) is 14.8 Å². The highest BCUT2D eigenvalue weighted by Crippen LogP contribution is 2.46. The molecule has 3 heterocycles. The molecule has 184 valence electrons. The fourth-order valence-corrected chi connectivity index (χ4v) is 6.14. The third kappa shape index (κ3) is 3.64. The molecular formula is C28H30N6O2. The van der Waals surface area contributed by atoms with Crippen molar-refractivity contribution in [3.63, 3.8) is 0 Å². The van der Waals surface area contributed by atoms with Gasteiger partial charge in [-0.05, 0) is 57.0 Å². The van der Waals surface area contributed by atoms with Crippen molar-refractivity contribution in [1.29, 1.82) is 0 Å². The van der Waals surface area contributed by atoms with Crippen LogP contribution >= 0.6 is 0 Å². The number of anilines is 2. The number of aromatic nitrogens is 2. The minimum Gasteiger partial charge on any atom is -0.330 e. The number of rotatable bonds is 4. The number of hydrogen-bond acceptors (Lipinski definition) is 5. The summed E-state index contributed by atoms with van der Waals surface area (Å²) in [4.78, 5) is 38.1. The van der Waals surface area contributed by atoms with Gasteiger partial charge in [0.15, 0.2) is 5.82 Å². The van der Waals surface area contributed by atoms with E-state index in [0.717, 1.165) is 42.5 Å². The van der Waals surface area contributed by atoms with Crippen LogP contribution in [-0.4, -0.2) is 53.0 Å². The normalized spacial score (nSPS) is 25.2. The Labute approximate surface area is 210 Å². The minimum atomic E-state index is -0.254. The molecule has 1 saturated carbocycles. The molecule has 8 heteroatoms. The average molecular weight is 483 g/mol. The van der Waals surface area contributed by atoms with E-state index >= 15 is 0 Å². The van der Waals surface area contributed by atoms with Crippen LogP contribution in [-0.2, 0) is 16.8 Å². The largest absolute Gasteiger partial charge is 0.330 e. The molecule has 2 aromatic carbocycles. The van der Waals surface area contributed by atoms with E-state index in [-0.39, 0.29) is 23.0 Å². The highest BCUT2D eigenvalue weighted by atomic mass is 16.2. The van der Waals surface area contributed by atoms with E-state index < -0.39 is 0 Å². The molecule has 3 aromatic rings. The van der Waals surface area contributed by atoms with Crippen molar-refractivity contribution in [2.24, 2.45) is 0 Å². The van der Waals surface area contributed by atoms with Gasteiger partial charge in [-0.15, -0.1) is 0 Å².